The Bertz CT molecular complexity index is 919. The second kappa shape index (κ2) is 5.45. The Balaban J connectivity index is 2.12. The maximum absolute atomic E-state index is 14.0. The number of nitrogens with zero attached hydrogens (tertiary/aromatic N) is 1. The molecule has 0 amide bonds. The second-order valence-corrected chi connectivity index (χ2v) is 5.51. The highest BCUT2D eigenvalue weighted by molar-refractivity contribution is 6.18. The largest absolute Gasteiger partial charge is 0.507 e. The predicted octanol–water partition coefficient (Wildman–Crippen LogP) is 3.53. The van der Waals surface area contributed by atoms with E-state index >= 15 is 0 Å². The number of phenolic OH excluding ortho intramolecular Hbond substituents is 2. The van der Waals surface area contributed by atoms with E-state index in [1.165, 1.54) is 12.1 Å². The number of allylic oxidation sites excluding steroid dienone is 1. The van der Waals surface area contributed by atoms with E-state index in [1.807, 2.05) is 0 Å². The van der Waals surface area contributed by atoms with Crippen LogP contribution in [0.5, 0.6) is 11.5 Å². The van der Waals surface area contributed by atoms with Crippen LogP contribution in [0.4, 0.5) is 10.1 Å². The van der Waals surface area contributed by atoms with Crippen LogP contribution in [-0.2, 0) is 0 Å². The molecule has 3 rings (SSSR count). The van der Waals surface area contributed by atoms with Gasteiger partial charge in [0.25, 0.3) is 0 Å². The van der Waals surface area contributed by atoms with Crippen LogP contribution in [0.3, 0.4) is 0 Å². The monoisotopic (exact) mass is 329 g/mol. The van der Waals surface area contributed by atoms with Crippen LogP contribution in [-0.4, -0.2) is 20.9 Å². The molecule has 1 atom stereocenters. The van der Waals surface area contributed by atoms with Crippen molar-refractivity contribution in [2.24, 2.45) is 0 Å². The van der Waals surface area contributed by atoms with Gasteiger partial charge in [-0.3, -0.25) is 14.9 Å². The first-order valence-corrected chi connectivity index (χ1v) is 7.06. The number of carbonyl (C=O) groups is 1. The van der Waals surface area contributed by atoms with Crippen LogP contribution in [0.1, 0.15) is 34.3 Å². The molecule has 0 aliphatic heterocycles. The fraction of sp³-hybridized carbons (Fsp3) is 0.118. The van der Waals surface area contributed by atoms with Crippen LogP contribution < -0.4 is 0 Å². The Hall–Kier alpha value is -3.22. The summed E-state index contributed by atoms with van der Waals surface area (Å²) in [6, 6.07) is 5.90. The van der Waals surface area contributed by atoms with Crippen LogP contribution in [0.25, 0.3) is 6.08 Å². The first-order chi connectivity index (χ1) is 11.3. The Morgan fingerprint density at radius 1 is 1.21 bits per heavy atom. The molecular weight excluding hydrogens is 317 g/mol. The van der Waals surface area contributed by atoms with E-state index < -0.39 is 33.9 Å². The lowest BCUT2D eigenvalue weighted by Crippen LogP contribution is -1.98. The van der Waals surface area contributed by atoms with E-state index in [2.05, 4.69) is 0 Å². The number of carbonyl (C=O) groups excluding carboxylic acids is 1. The molecule has 0 heterocycles. The lowest BCUT2D eigenvalue weighted by atomic mass is 9.97. The number of benzene rings is 2. The van der Waals surface area contributed by atoms with Crippen LogP contribution in [0.15, 0.2) is 35.9 Å². The van der Waals surface area contributed by atoms with E-state index in [-0.39, 0.29) is 22.4 Å². The van der Waals surface area contributed by atoms with Crippen molar-refractivity contribution in [2.45, 2.75) is 12.8 Å². The Morgan fingerprint density at radius 3 is 2.50 bits per heavy atom. The van der Waals surface area contributed by atoms with E-state index in [1.54, 1.807) is 6.92 Å². The molecule has 1 aliphatic rings. The van der Waals surface area contributed by atoms with Crippen molar-refractivity contribution >= 4 is 17.5 Å². The van der Waals surface area contributed by atoms with E-state index in [4.69, 9.17) is 0 Å². The number of aromatic hydroxyl groups is 2. The number of halogens is 1. The molecule has 0 aromatic heterocycles. The van der Waals surface area contributed by atoms with Gasteiger partial charge < -0.3 is 10.2 Å². The first-order valence-electron chi connectivity index (χ1n) is 7.06. The van der Waals surface area contributed by atoms with Crippen LogP contribution in [0.2, 0.25) is 0 Å². The second-order valence-electron chi connectivity index (χ2n) is 5.51. The third kappa shape index (κ3) is 2.30. The van der Waals surface area contributed by atoms with Gasteiger partial charge in [0.05, 0.1) is 10.5 Å². The fourth-order valence-corrected chi connectivity index (χ4v) is 2.89. The highest BCUT2D eigenvalue weighted by Crippen LogP contribution is 2.43. The normalized spacial score (nSPS) is 18.0. The highest BCUT2D eigenvalue weighted by atomic mass is 19.1. The molecule has 0 fully saturated rings. The number of fused-ring (bicyclic) bond motifs is 1. The predicted molar refractivity (Wildman–Crippen MR) is 83.5 cm³/mol. The molecule has 2 aromatic carbocycles. The molecule has 0 bridgehead atoms. The Labute approximate surface area is 135 Å². The van der Waals surface area contributed by atoms with Crippen molar-refractivity contribution in [1.29, 1.82) is 0 Å². The van der Waals surface area contributed by atoms with Crippen LogP contribution >= 0.6 is 0 Å². The molecular formula is C17H12FNO5. The molecule has 0 saturated heterocycles. The zero-order valence-corrected chi connectivity index (χ0v) is 12.5. The number of phenols is 2. The van der Waals surface area contributed by atoms with E-state index in [9.17, 15) is 29.5 Å². The number of nitro benzene ring substituents is 1. The number of hydrogen-bond donors (Lipinski definition) is 2. The zero-order chi connectivity index (χ0) is 17.6. The fourth-order valence-electron chi connectivity index (χ4n) is 2.89. The molecule has 0 unspecified atom stereocenters. The zero-order valence-electron chi connectivity index (χ0n) is 12.5. The van der Waals surface area contributed by atoms with E-state index in [0.29, 0.717) is 5.56 Å². The standard InChI is InChI=1S/C17H12FNO5/c1-8-10(6-9-2-4-13(20)12(7-9)19(23)24)17(22)16-14(21)5-3-11(18)15(8)16/h2-8,20-21H,1H3/b10-6+/t8-/m0/s1. The summed E-state index contributed by atoms with van der Waals surface area (Å²) >= 11 is 0. The highest BCUT2D eigenvalue weighted by Gasteiger charge is 2.36. The van der Waals surface area contributed by atoms with Crippen LogP contribution in [0, 0.1) is 15.9 Å². The van der Waals surface area contributed by atoms with Gasteiger partial charge in [0.2, 0.25) is 0 Å². The van der Waals surface area contributed by atoms with Crippen molar-refractivity contribution in [3.63, 3.8) is 0 Å². The van der Waals surface area contributed by atoms with Crippen molar-refractivity contribution in [2.75, 3.05) is 0 Å². The lowest BCUT2D eigenvalue weighted by molar-refractivity contribution is -0.385. The molecule has 0 radical (unpaired) electrons. The van der Waals surface area contributed by atoms with E-state index in [0.717, 1.165) is 24.3 Å². The number of ketones is 1. The minimum absolute atomic E-state index is 0.0815. The minimum atomic E-state index is -0.739. The van der Waals surface area contributed by atoms with Crippen molar-refractivity contribution in [1.82, 2.24) is 0 Å². The van der Waals surface area contributed by atoms with Gasteiger partial charge >= 0.3 is 5.69 Å². The molecule has 122 valence electrons. The maximum atomic E-state index is 14.0. The topological polar surface area (TPSA) is 101 Å². The molecule has 2 N–H and O–H groups in total. The van der Waals surface area contributed by atoms with Gasteiger partial charge in [-0.2, -0.15) is 0 Å². The Kier molecular flexibility index (Phi) is 3.56. The molecule has 7 heteroatoms. The molecule has 6 nitrogen and oxygen atoms in total. The molecule has 24 heavy (non-hydrogen) atoms. The lowest BCUT2D eigenvalue weighted by Gasteiger charge is -2.07. The number of hydrogen-bond acceptors (Lipinski definition) is 5. The summed E-state index contributed by atoms with van der Waals surface area (Å²) in [6.07, 6.45) is 1.40. The summed E-state index contributed by atoms with van der Waals surface area (Å²) in [5.74, 6) is -2.51. The summed E-state index contributed by atoms with van der Waals surface area (Å²) in [5, 5.41) is 30.2. The van der Waals surface area contributed by atoms with Crippen molar-refractivity contribution < 1.29 is 24.3 Å². The SMILES string of the molecule is C[C@H]1/C(=C\c2ccc(O)c([N+](=O)[O-])c2)C(=O)c2c(O)ccc(F)c21. The first kappa shape index (κ1) is 15.7. The Morgan fingerprint density at radius 2 is 1.88 bits per heavy atom. The average Bonchev–Trinajstić information content (AvgIpc) is 2.78. The van der Waals surface area contributed by atoms with Crippen molar-refractivity contribution in [3.8, 4) is 11.5 Å². The maximum Gasteiger partial charge on any atom is 0.311 e. The minimum Gasteiger partial charge on any atom is -0.507 e. The van der Waals surface area contributed by atoms with Gasteiger partial charge in [-0.25, -0.2) is 4.39 Å². The number of nitro groups is 1. The molecule has 1 aliphatic carbocycles. The third-order valence-corrected chi connectivity index (χ3v) is 4.08. The molecule has 0 spiro atoms. The summed E-state index contributed by atoms with van der Waals surface area (Å²) < 4.78 is 14.0. The smallest absolute Gasteiger partial charge is 0.311 e. The van der Waals surface area contributed by atoms with Gasteiger partial charge in [-0.05, 0) is 29.8 Å². The molecule has 2 aromatic rings. The summed E-state index contributed by atoms with van der Waals surface area (Å²) in [7, 11) is 0. The van der Waals surface area contributed by atoms with Gasteiger partial charge in [0, 0.05) is 23.1 Å². The van der Waals surface area contributed by atoms with Gasteiger partial charge in [-0.15, -0.1) is 0 Å². The summed E-state index contributed by atoms with van der Waals surface area (Å²) in [5.41, 5.74) is 0.0725. The number of Topliss-reactive ketones (excluding diaryl/α,β-unsaturated/α-hetero) is 1. The molecule has 0 saturated carbocycles. The number of rotatable bonds is 2. The summed E-state index contributed by atoms with van der Waals surface area (Å²) in [4.78, 5) is 22.6. The van der Waals surface area contributed by atoms with Gasteiger partial charge in [-0.1, -0.05) is 13.0 Å². The van der Waals surface area contributed by atoms with Crippen molar-refractivity contribution in [3.05, 3.63) is 68.5 Å². The quantitative estimate of drug-likeness (QED) is 0.499. The van der Waals surface area contributed by atoms with Gasteiger partial charge in [0.15, 0.2) is 11.5 Å². The summed E-state index contributed by atoms with van der Waals surface area (Å²) in [6.45, 7) is 1.62. The third-order valence-electron chi connectivity index (χ3n) is 4.08. The average molecular weight is 329 g/mol. The van der Waals surface area contributed by atoms with Gasteiger partial charge in [0.1, 0.15) is 11.6 Å².